The van der Waals surface area contributed by atoms with Crippen LogP contribution in [0.5, 0.6) is 0 Å². The summed E-state index contributed by atoms with van der Waals surface area (Å²) in [5.41, 5.74) is 4.89. The smallest absolute Gasteiger partial charge is 0.0874 e. The fourth-order valence-corrected chi connectivity index (χ4v) is 12.7. The van der Waals surface area contributed by atoms with Gasteiger partial charge in [0, 0.05) is 5.66 Å². The van der Waals surface area contributed by atoms with Crippen LogP contribution in [-0.2, 0) is 17.1 Å². The molecule has 10 radical (unpaired) electrons. The molecule has 2 aliphatic carbocycles. The molecule has 2 aliphatic rings. The molecule has 1 atom stereocenters. The van der Waals surface area contributed by atoms with Gasteiger partial charge in [0.1, 0.15) is 0 Å². The molecule has 2 aromatic carbocycles. The van der Waals surface area contributed by atoms with E-state index < -0.39 is 7.92 Å². The molecular formula is C34H44FeP2+2. The van der Waals surface area contributed by atoms with Crippen molar-refractivity contribution < 1.29 is 17.1 Å². The molecule has 0 amide bonds. The average molecular weight is 571 g/mol. The van der Waals surface area contributed by atoms with E-state index in [1.54, 1.807) is 11.6 Å². The van der Waals surface area contributed by atoms with E-state index in [0.717, 1.165) is 0 Å². The van der Waals surface area contributed by atoms with E-state index in [1.807, 2.05) is 32.1 Å². The van der Waals surface area contributed by atoms with Gasteiger partial charge in [-0.3, -0.25) is 0 Å². The molecule has 37 heavy (non-hydrogen) atoms. The first-order valence-electron chi connectivity index (χ1n) is 13.1. The molecule has 0 heterocycles. The molecule has 0 nitrogen and oxygen atoms in total. The number of hydrogen-bond donors (Lipinski definition) is 0. The first-order valence-corrected chi connectivity index (χ1v) is 15.8. The van der Waals surface area contributed by atoms with Gasteiger partial charge >= 0.3 is 17.1 Å². The predicted octanol–water partition coefficient (Wildman–Crippen LogP) is 8.96. The summed E-state index contributed by atoms with van der Waals surface area (Å²) in [7, 11) is -0.828. The van der Waals surface area contributed by atoms with Crippen molar-refractivity contribution in [3.8, 4) is 0 Å². The summed E-state index contributed by atoms with van der Waals surface area (Å²) >= 11 is 0. The van der Waals surface area contributed by atoms with E-state index in [4.69, 9.17) is 0 Å². The number of benzene rings is 2. The van der Waals surface area contributed by atoms with E-state index in [9.17, 15) is 0 Å². The second-order valence-electron chi connectivity index (χ2n) is 11.6. The van der Waals surface area contributed by atoms with Gasteiger partial charge < -0.3 is 0 Å². The zero-order chi connectivity index (χ0) is 26.5. The molecule has 0 unspecified atom stereocenters. The van der Waals surface area contributed by atoms with Gasteiger partial charge in [0.15, 0.2) is 0 Å². The maximum atomic E-state index is 2.47. The standard InChI is InChI=1S/C29H39P2.C5H5.Fe/c1-21-15-10-12-18-25(21)30(26-19-13-11-16-22(26)2)23(3)24-17-14-20-27(24)31(28(4,5)6)29(7,8)9;1-2-4-5-3-1;/h10-20,23H,1-9H3;1-5H;/q;;+2/t23-;;/m0../s1. The van der Waals surface area contributed by atoms with Crippen molar-refractivity contribution in [2.75, 3.05) is 0 Å². The Morgan fingerprint density at radius 2 is 1.00 bits per heavy atom. The van der Waals surface area contributed by atoms with E-state index in [-0.39, 0.29) is 35.3 Å². The number of rotatable bonds is 5. The minimum absolute atomic E-state index is 0. The van der Waals surface area contributed by atoms with Gasteiger partial charge in [0.25, 0.3) is 0 Å². The van der Waals surface area contributed by atoms with Crippen LogP contribution in [0.15, 0.2) is 48.5 Å². The van der Waals surface area contributed by atoms with Crippen LogP contribution < -0.4 is 10.6 Å². The monoisotopic (exact) mass is 570 g/mol. The number of hydrogen-bond acceptors (Lipinski definition) is 0. The van der Waals surface area contributed by atoms with Crippen molar-refractivity contribution in [3.63, 3.8) is 0 Å². The van der Waals surface area contributed by atoms with Crippen LogP contribution in [0.25, 0.3) is 0 Å². The molecule has 0 bridgehead atoms. The molecule has 4 rings (SSSR count). The van der Waals surface area contributed by atoms with Gasteiger partial charge in [0.2, 0.25) is 0 Å². The molecule has 0 aliphatic heterocycles. The number of aryl methyl sites for hydroxylation is 2. The van der Waals surface area contributed by atoms with Gasteiger partial charge in [-0.15, -0.1) is 0 Å². The van der Waals surface area contributed by atoms with Crippen LogP contribution in [0.1, 0.15) is 59.6 Å². The van der Waals surface area contributed by atoms with E-state index in [2.05, 4.69) is 130 Å². The Hall–Kier alpha value is -0.181. The summed E-state index contributed by atoms with van der Waals surface area (Å²) < 4.78 is 0. The molecule has 196 valence electrons. The Balaban J connectivity index is 0.000000716. The van der Waals surface area contributed by atoms with Crippen LogP contribution in [-0.4, -0.2) is 16.0 Å². The summed E-state index contributed by atoms with van der Waals surface area (Å²) in [5.74, 6) is 1.56. The Bertz CT molecular complexity index is 884. The first kappa shape index (κ1) is 33.0. The molecule has 0 N–H and O–H groups in total. The minimum atomic E-state index is -0.507. The fraction of sp³-hybridized carbons (Fsp3) is 0.353. The van der Waals surface area contributed by atoms with Crippen molar-refractivity contribution in [1.29, 1.82) is 0 Å². The quantitative estimate of drug-likeness (QED) is 0.249. The third kappa shape index (κ3) is 8.65. The molecule has 2 fully saturated rings. The molecule has 2 aromatic rings. The second-order valence-corrected chi connectivity index (χ2v) is 17.9. The van der Waals surface area contributed by atoms with Crippen molar-refractivity contribution in [1.82, 2.24) is 0 Å². The summed E-state index contributed by atoms with van der Waals surface area (Å²) in [4.78, 5) is 0. The van der Waals surface area contributed by atoms with Crippen molar-refractivity contribution in [3.05, 3.63) is 123 Å². The third-order valence-corrected chi connectivity index (χ3v) is 13.2. The van der Waals surface area contributed by atoms with Crippen molar-refractivity contribution in [2.45, 2.75) is 78.3 Å². The molecule has 0 saturated heterocycles. The van der Waals surface area contributed by atoms with Gasteiger partial charge in [-0.1, -0.05) is 105 Å². The van der Waals surface area contributed by atoms with Crippen LogP contribution in [0.3, 0.4) is 0 Å². The van der Waals surface area contributed by atoms with Crippen molar-refractivity contribution in [2.24, 2.45) is 0 Å². The van der Waals surface area contributed by atoms with Gasteiger partial charge in [-0.25, -0.2) is 0 Å². The van der Waals surface area contributed by atoms with Crippen LogP contribution in [0.4, 0.5) is 0 Å². The maximum Gasteiger partial charge on any atom is 2.00 e. The Morgan fingerprint density at radius 3 is 1.38 bits per heavy atom. The summed E-state index contributed by atoms with van der Waals surface area (Å²) in [6.45, 7) is 21.6. The van der Waals surface area contributed by atoms with E-state index in [0.29, 0.717) is 5.66 Å². The van der Waals surface area contributed by atoms with Gasteiger partial charge in [-0.2, -0.15) is 0 Å². The first-order chi connectivity index (χ1) is 16.9. The Kier molecular flexibility index (Phi) is 12.9. The van der Waals surface area contributed by atoms with Crippen LogP contribution in [0, 0.1) is 76.8 Å². The molecule has 3 heteroatoms. The molecule has 2 saturated carbocycles. The minimum Gasteiger partial charge on any atom is -0.0874 e. The van der Waals surface area contributed by atoms with E-state index in [1.165, 1.54) is 21.7 Å². The molecule has 0 aromatic heterocycles. The van der Waals surface area contributed by atoms with Crippen molar-refractivity contribution >= 4 is 26.5 Å². The Morgan fingerprint density at radius 1 is 0.595 bits per heavy atom. The topological polar surface area (TPSA) is 0 Å². The third-order valence-electron chi connectivity index (χ3n) is 6.55. The van der Waals surface area contributed by atoms with Crippen LogP contribution in [0.2, 0.25) is 0 Å². The fourth-order valence-electron chi connectivity index (χ4n) is 5.38. The average Bonchev–Trinajstić information content (AvgIpc) is 3.50. The second kappa shape index (κ2) is 14.5. The Labute approximate surface area is 243 Å². The largest absolute Gasteiger partial charge is 2.00 e. The summed E-state index contributed by atoms with van der Waals surface area (Å²) in [6.07, 6.45) is 17.1. The molecule has 0 spiro atoms. The maximum absolute atomic E-state index is 2.47. The molecular weight excluding hydrogens is 526 g/mol. The SMILES string of the molecule is Cc1ccccc1P(c1ccccc1C)[C@@H](C)[C]1[CH][CH][CH][C]1P(C(C)(C)C)C(C)(C)C.[CH]1[CH][CH][CH][CH]1.[Fe+2]. The predicted molar refractivity (Wildman–Crippen MR) is 165 cm³/mol. The zero-order valence-electron chi connectivity index (χ0n) is 24.1. The van der Waals surface area contributed by atoms with E-state index >= 15 is 0 Å². The van der Waals surface area contributed by atoms with Gasteiger partial charge in [0.05, 0.1) is 0 Å². The summed E-state index contributed by atoms with van der Waals surface area (Å²) in [6, 6.07) is 18.0. The zero-order valence-corrected chi connectivity index (χ0v) is 27.0. The van der Waals surface area contributed by atoms with Crippen LogP contribution >= 0.6 is 15.8 Å². The summed E-state index contributed by atoms with van der Waals surface area (Å²) in [5, 5.41) is 3.57. The normalized spacial score (nSPS) is 18.0. The van der Waals surface area contributed by atoms with Gasteiger partial charge in [-0.05, 0) is 117 Å².